The SMILES string of the molecule is c1ccc(-c2ccccc2-c2nc(-c3cc4ccc5cccc6c7cccc8ccc9cccc(c(c3)c4c56)c9c87)nc(-c3cccc4ccccc34)n2)cc1. The minimum absolute atomic E-state index is 0.639. The van der Waals surface area contributed by atoms with Crippen molar-refractivity contribution in [2.24, 2.45) is 0 Å². The quantitative estimate of drug-likeness (QED) is 0.171. The van der Waals surface area contributed by atoms with E-state index in [0.29, 0.717) is 17.5 Å². The summed E-state index contributed by atoms with van der Waals surface area (Å²) < 4.78 is 0. The molecule has 3 nitrogen and oxygen atoms in total. The van der Waals surface area contributed by atoms with E-state index in [2.05, 4.69) is 182 Å². The van der Waals surface area contributed by atoms with Crippen LogP contribution in [0.1, 0.15) is 0 Å². The molecule has 0 atom stereocenters. The van der Waals surface area contributed by atoms with Gasteiger partial charge < -0.3 is 0 Å². The molecular formula is C53H31N3. The summed E-state index contributed by atoms with van der Waals surface area (Å²) >= 11 is 0. The van der Waals surface area contributed by atoms with Crippen LogP contribution in [-0.4, -0.2) is 15.0 Å². The van der Waals surface area contributed by atoms with Gasteiger partial charge >= 0.3 is 0 Å². The van der Waals surface area contributed by atoms with E-state index in [9.17, 15) is 0 Å². The van der Waals surface area contributed by atoms with Gasteiger partial charge in [-0.2, -0.15) is 0 Å². The lowest BCUT2D eigenvalue weighted by Crippen LogP contribution is -2.01. The van der Waals surface area contributed by atoms with Gasteiger partial charge in [-0.15, -0.1) is 0 Å². The highest BCUT2D eigenvalue weighted by molar-refractivity contribution is 6.37. The summed E-state index contributed by atoms with van der Waals surface area (Å²) in [5.41, 5.74) is 5.08. The molecule has 0 unspecified atom stereocenters. The third kappa shape index (κ3) is 4.61. The van der Waals surface area contributed by atoms with Gasteiger partial charge in [0, 0.05) is 16.7 Å². The van der Waals surface area contributed by atoms with Crippen LogP contribution in [0.5, 0.6) is 0 Å². The summed E-state index contributed by atoms with van der Waals surface area (Å²) in [5, 5.41) is 17.1. The largest absolute Gasteiger partial charge is 0.208 e. The fourth-order valence-electron chi connectivity index (χ4n) is 9.13. The van der Waals surface area contributed by atoms with Crippen LogP contribution in [0.4, 0.5) is 0 Å². The number of fused-ring (bicyclic) bond motifs is 3. The number of benzene rings is 10. The van der Waals surface area contributed by atoms with Gasteiger partial charge in [0.15, 0.2) is 17.5 Å². The summed E-state index contributed by atoms with van der Waals surface area (Å²) in [4.78, 5) is 16.0. The average molecular weight is 710 g/mol. The Labute approximate surface area is 322 Å². The fourth-order valence-corrected chi connectivity index (χ4v) is 9.13. The normalized spacial score (nSPS) is 11.9. The Balaban J connectivity index is 1.22. The number of hydrogen-bond donors (Lipinski definition) is 0. The second-order valence-corrected chi connectivity index (χ2v) is 14.7. The van der Waals surface area contributed by atoms with Gasteiger partial charge in [-0.1, -0.05) is 176 Å². The summed E-state index contributed by atoms with van der Waals surface area (Å²) in [7, 11) is 0. The molecule has 0 radical (unpaired) electrons. The van der Waals surface area contributed by atoms with Crippen LogP contribution in [0.3, 0.4) is 0 Å². The molecule has 1 heterocycles. The van der Waals surface area contributed by atoms with Crippen LogP contribution in [-0.2, 0) is 0 Å². The molecule has 0 bridgehead atoms. The second-order valence-electron chi connectivity index (χ2n) is 14.7. The lowest BCUT2D eigenvalue weighted by Gasteiger charge is -2.17. The van der Waals surface area contributed by atoms with Gasteiger partial charge in [0.25, 0.3) is 0 Å². The fraction of sp³-hybridized carbons (Fsp3) is 0. The molecule has 12 rings (SSSR count). The van der Waals surface area contributed by atoms with Gasteiger partial charge in [-0.25, -0.2) is 15.0 Å². The van der Waals surface area contributed by atoms with Crippen molar-refractivity contribution in [1.29, 1.82) is 0 Å². The molecule has 12 aromatic rings. The lowest BCUT2D eigenvalue weighted by atomic mass is 9.87. The monoisotopic (exact) mass is 709 g/mol. The second kappa shape index (κ2) is 12.0. The van der Waals surface area contributed by atoms with Crippen molar-refractivity contribution in [3.8, 4) is 45.3 Å². The van der Waals surface area contributed by atoms with E-state index in [1.165, 1.54) is 59.2 Å². The Morgan fingerprint density at radius 1 is 0.232 bits per heavy atom. The molecule has 3 heteroatoms. The first-order chi connectivity index (χ1) is 27.8. The molecule has 0 aliphatic heterocycles. The molecule has 0 saturated heterocycles. The number of aromatic nitrogens is 3. The predicted octanol–water partition coefficient (Wildman–Crippen LogP) is 14.0. The standard InChI is InChI=1S/C53H31N3/c1-2-12-32(13-3-1)39-20-6-7-21-44(39)52-54-51(55-53(56-52)45-25-8-15-33-14-4-5-19-40(33)45)38-30-37-29-28-36-17-10-23-42-41-22-9-16-34-26-27-35-18-11-24-43(49(35)47(34)41)46(31-38)50(37)48(36)42/h1-31H. The Morgan fingerprint density at radius 3 is 1.38 bits per heavy atom. The van der Waals surface area contributed by atoms with Gasteiger partial charge in [0.2, 0.25) is 0 Å². The topological polar surface area (TPSA) is 38.7 Å². The summed E-state index contributed by atoms with van der Waals surface area (Å²) in [6.07, 6.45) is 0. The van der Waals surface area contributed by atoms with Crippen molar-refractivity contribution < 1.29 is 0 Å². The third-order valence-corrected chi connectivity index (χ3v) is 11.6. The van der Waals surface area contributed by atoms with Gasteiger partial charge in [-0.05, 0) is 98.7 Å². The van der Waals surface area contributed by atoms with Crippen molar-refractivity contribution in [1.82, 2.24) is 15.0 Å². The van der Waals surface area contributed by atoms with Crippen molar-refractivity contribution in [2.45, 2.75) is 0 Å². The van der Waals surface area contributed by atoms with Gasteiger partial charge in [0.1, 0.15) is 0 Å². The molecule has 0 aliphatic carbocycles. The molecule has 11 aromatic carbocycles. The van der Waals surface area contributed by atoms with Crippen molar-refractivity contribution in [3.63, 3.8) is 0 Å². The Morgan fingerprint density at radius 2 is 0.679 bits per heavy atom. The maximum atomic E-state index is 5.37. The predicted molar refractivity (Wildman–Crippen MR) is 235 cm³/mol. The van der Waals surface area contributed by atoms with Crippen molar-refractivity contribution >= 4 is 75.4 Å². The first-order valence-corrected chi connectivity index (χ1v) is 19.1. The Kier molecular flexibility index (Phi) is 6.63. The van der Waals surface area contributed by atoms with E-state index in [1.807, 2.05) is 6.07 Å². The zero-order valence-corrected chi connectivity index (χ0v) is 30.2. The molecule has 0 saturated carbocycles. The first kappa shape index (κ1) is 30.9. The summed E-state index contributed by atoms with van der Waals surface area (Å²) in [5.74, 6) is 1.93. The third-order valence-electron chi connectivity index (χ3n) is 11.6. The molecule has 0 amide bonds. The van der Waals surface area contributed by atoms with Crippen LogP contribution in [0, 0.1) is 0 Å². The number of nitrogens with zero attached hydrogens (tertiary/aromatic N) is 3. The van der Waals surface area contributed by atoms with E-state index in [4.69, 9.17) is 15.0 Å². The van der Waals surface area contributed by atoms with Gasteiger partial charge in [-0.3, -0.25) is 0 Å². The molecule has 0 spiro atoms. The minimum atomic E-state index is 0.639. The van der Waals surface area contributed by atoms with Crippen LogP contribution >= 0.6 is 0 Å². The van der Waals surface area contributed by atoms with E-state index in [1.54, 1.807) is 0 Å². The average Bonchev–Trinajstić information content (AvgIpc) is 3.27. The Hall–Kier alpha value is -7.49. The van der Waals surface area contributed by atoms with Crippen LogP contribution in [0.25, 0.3) is 121 Å². The maximum Gasteiger partial charge on any atom is 0.164 e. The number of rotatable bonds is 4. The maximum absolute atomic E-state index is 5.37. The lowest BCUT2D eigenvalue weighted by molar-refractivity contribution is 1.08. The van der Waals surface area contributed by atoms with E-state index < -0.39 is 0 Å². The smallest absolute Gasteiger partial charge is 0.164 e. The first-order valence-electron chi connectivity index (χ1n) is 19.1. The summed E-state index contributed by atoms with van der Waals surface area (Å²) in [6, 6.07) is 67.6. The Bertz CT molecular complexity index is 3520. The number of hydrogen-bond acceptors (Lipinski definition) is 3. The highest BCUT2D eigenvalue weighted by atomic mass is 15.0. The molecule has 0 fully saturated rings. The highest BCUT2D eigenvalue weighted by Gasteiger charge is 2.20. The van der Waals surface area contributed by atoms with Crippen molar-refractivity contribution in [2.75, 3.05) is 0 Å². The molecule has 0 aliphatic rings. The zero-order chi connectivity index (χ0) is 36.7. The highest BCUT2D eigenvalue weighted by Crippen LogP contribution is 2.44. The molecule has 1 aromatic heterocycles. The molecule has 56 heavy (non-hydrogen) atoms. The van der Waals surface area contributed by atoms with E-state index in [-0.39, 0.29) is 0 Å². The van der Waals surface area contributed by atoms with E-state index in [0.717, 1.165) is 44.0 Å². The van der Waals surface area contributed by atoms with Gasteiger partial charge in [0.05, 0.1) is 0 Å². The van der Waals surface area contributed by atoms with E-state index >= 15 is 0 Å². The van der Waals surface area contributed by atoms with Crippen LogP contribution < -0.4 is 0 Å². The van der Waals surface area contributed by atoms with Crippen LogP contribution in [0.2, 0.25) is 0 Å². The summed E-state index contributed by atoms with van der Waals surface area (Å²) in [6.45, 7) is 0. The molecule has 258 valence electrons. The van der Waals surface area contributed by atoms with Crippen LogP contribution in [0.15, 0.2) is 188 Å². The molecular weight excluding hydrogens is 679 g/mol. The zero-order valence-electron chi connectivity index (χ0n) is 30.2. The minimum Gasteiger partial charge on any atom is -0.208 e. The van der Waals surface area contributed by atoms with Crippen molar-refractivity contribution in [3.05, 3.63) is 188 Å². The molecule has 0 N–H and O–H groups in total.